The Kier molecular flexibility index (Phi) is 9.55. The third kappa shape index (κ3) is 7.13. The lowest BCUT2D eigenvalue weighted by Gasteiger charge is -2.33. The van der Waals surface area contributed by atoms with Gasteiger partial charge >= 0.3 is 0 Å². The first-order chi connectivity index (χ1) is 20.7. The van der Waals surface area contributed by atoms with Crippen molar-refractivity contribution < 1.29 is 27.2 Å². The van der Waals surface area contributed by atoms with Gasteiger partial charge in [-0.25, -0.2) is 17.1 Å². The fourth-order valence-corrected chi connectivity index (χ4v) is 7.46. The molecule has 0 bridgehead atoms. The number of benzene rings is 3. The van der Waals surface area contributed by atoms with E-state index >= 15 is 0 Å². The van der Waals surface area contributed by atoms with Crippen LogP contribution in [0.1, 0.15) is 66.4 Å². The minimum Gasteiger partial charge on any atom is -0.352 e. The number of nitrogens with one attached hydrogen (secondary N) is 1. The SMILES string of the molecule is O=C(NC1CCCCC1)C(Cc1ccccc1)N(Cc1ccc(F)cc1)C(=O)CCCN1C(=O)c2ccccc2S1(=O)=O. The molecule has 1 atom stereocenters. The average molecular weight is 606 g/mol. The number of nitrogens with zero attached hydrogens (tertiary/aromatic N) is 2. The third-order valence-electron chi connectivity index (χ3n) is 8.15. The summed E-state index contributed by atoms with van der Waals surface area (Å²) in [5, 5.41) is 3.17. The third-order valence-corrected chi connectivity index (χ3v) is 9.99. The van der Waals surface area contributed by atoms with Gasteiger partial charge in [-0.15, -0.1) is 0 Å². The Morgan fingerprint density at radius 3 is 2.28 bits per heavy atom. The molecule has 1 unspecified atom stereocenters. The Morgan fingerprint density at radius 1 is 0.907 bits per heavy atom. The van der Waals surface area contributed by atoms with E-state index in [-0.39, 0.29) is 60.7 Å². The van der Waals surface area contributed by atoms with Crippen molar-refractivity contribution in [3.05, 3.63) is 101 Å². The molecule has 226 valence electrons. The number of halogens is 1. The summed E-state index contributed by atoms with van der Waals surface area (Å²) in [5.74, 6) is -1.63. The van der Waals surface area contributed by atoms with Crippen molar-refractivity contribution in [2.75, 3.05) is 6.54 Å². The molecule has 1 saturated carbocycles. The molecule has 3 aromatic rings. The van der Waals surface area contributed by atoms with Gasteiger partial charge in [-0.3, -0.25) is 14.4 Å². The summed E-state index contributed by atoms with van der Waals surface area (Å²) in [6.07, 6.45) is 5.25. The average Bonchev–Trinajstić information content (AvgIpc) is 3.21. The molecule has 5 rings (SSSR count). The van der Waals surface area contributed by atoms with Crippen LogP contribution in [-0.2, 0) is 32.6 Å². The summed E-state index contributed by atoms with van der Waals surface area (Å²) >= 11 is 0. The second kappa shape index (κ2) is 13.5. The monoisotopic (exact) mass is 605 g/mol. The predicted octanol–water partition coefficient (Wildman–Crippen LogP) is 4.84. The molecule has 3 amide bonds. The zero-order chi connectivity index (χ0) is 30.4. The van der Waals surface area contributed by atoms with Crippen molar-refractivity contribution in [3.8, 4) is 0 Å². The lowest BCUT2D eigenvalue weighted by molar-refractivity contribution is -0.141. The topological polar surface area (TPSA) is 104 Å². The van der Waals surface area contributed by atoms with Crippen LogP contribution in [0.25, 0.3) is 0 Å². The Balaban J connectivity index is 1.37. The van der Waals surface area contributed by atoms with Gasteiger partial charge in [0.25, 0.3) is 15.9 Å². The van der Waals surface area contributed by atoms with Crippen molar-refractivity contribution in [3.63, 3.8) is 0 Å². The maximum absolute atomic E-state index is 13.9. The highest BCUT2D eigenvalue weighted by atomic mass is 32.2. The van der Waals surface area contributed by atoms with Crippen molar-refractivity contribution in [2.24, 2.45) is 0 Å². The molecule has 1 aliphatic carbocycles. The maximum Gasteiger partial charge on any atom is 0.269 e. The molecule has 0 saturated heterocycles. The number of hydrogen-bond acceptors (Lipinski definition) is 5. The number of hydrogen-bond donors (Lipinski definition) is 1. The van der Waals surface area contributed by atoms with Gasteiger partial charge in [0.05, 0.1) is 5.56 Å². The smallest absolute Gasteiger partial charge is 0.269 e. The van der Waals surface area contributed by atoms with E-state index in [1.54, 1.807) is 24.3 Å². The van der Waals surface area contributed by atoms with Gasteiger partial charge in [0, 0.05) is 32.0 Å². The molecule has 1 fully saturated rings. The minimum atomic E-state index is -3.99. The van der Waals surface area contributed by atoms with Gasteiger partial charge in [0.15, 0.2) is 0 Å². The highest BCUT2D eigenvalue weighted by Gasteiger charge is 2.40. The Labute approximate surface area is 251 Å². The minimum absolute atomic E-state index is 0.0356. The summed E-state index contributed by atoms with van der Waals surface area (Å²) in [7, 11) is -3.99. The van der Waals surface area contributed by atoms with E-state index in [9.17, 15) is 27.2 Å². The summed E-state index contributed by atoms with van der Waals surface area (Å²) < 4.78 is 40.5. The number of carbonyl (C=O) groups excluding carboxylic acids is 3. The first-order valence-electron chi connectivity index (χ1n) is 14.8. The molecule has 2 aliphatic rings. The van der Waals surface area contributed by atoms with Crippen LogP contribution in [0.2, 0.25) is 0 Å². The van der Waals surface area contributed by atoms with Gasteiger partial charge in [-0.2, -0.15) is 0 Å². The maximum atomic E-state index is 13.9. The molecule has 10 heteroatoms. The van der Waals surface area contributed by atoms with Gasteiger partial charge in [0.2, 0.25) is 11.8 Å². The molecule has 3 aromatic carbocycles. The molecule has 1 N–H and O–H groups in total. The molecule has 8 nitrogen and oxygen atoms in total. The van der Waals surface area contributed by atoms with Gasteiger partial charge in [0.1, 0.15) is 16.8 Å². The molecular weight excluding hydrogens is 569 g/mol. The molecular formula is C33H36FN3O5S. The number of carbonyl (C=O) groups is 3. The standard InChI is InChI=1S/C33H36FN3O5S/c34-26-19-17-25(18-20-26)23-36(29(22-24-10-3-1-4-11-24)32(39)35-27-12-5-2-6-13-27)31(38)16-9-21-37-33(40)28-14-7-8-15-30(28)43(37,41)42/h1,3-4,7-8,10-11,14-15,17-20,27,29H,2,5-6,9,12-13,16,21-23H2,(H,35,39). The van der Waals surface area contributed by atoms with Crippen LogP contribution in [0.4, 0.5) is 4.39 Å². The summed E-state index contributed by atoms with van der Waals surface area (Å²) in [6.45, 7) is -0.0926. The molecule has 0 spiro atoms. The number of rotatable bonds is 11. The normalized spacial score (nSPS) is 16.9. The van der Waals surface area contributed by atoms with Crippen LogP contribution < -0.4 is 5.32 Å². The first-order valence-corrected chi connectivity index (χ1v) is 16.2. The van der Waals surface area contributed by atoms with Crippen molar-refractivity contribution in [1.82, 2.24) is 14.5 Å². The van der Waals surface area contributed by atoms with Gasteiger partial charge in [-0.1, -0.05) is 73.9 Å². The highest BCUT2D eigenvalue weighted by molar-refractivity contribution is 7.90. The lowest BCUT2D eigenvalue weighted by Crippen LogP contribution is -2.52. The van der Waals surface area contributed by atoms with E-state index in [1.165, 1.54) is 29.2 Å². The van der Waals surface area contributed by atoms with E-state index in [0.29, 0.717) is 5.56 Å². The second-order valence-electron chi connectivity index (χ2n) is 11.2. The van der Waals surface area contributed by atoms with Gasteiger partial charge < -0.3 is 10.2 Å². The predicted molar refractivity (Wildman–Crippen MR) is 160 cm³/mol. The van der Waals surface area contributed by atoms with Crippen molar-refractivity contribution >= 4 is 27.7 Å². The van der Waals surface area contributed by atoms with Crippen LogP contribution in [0, 0.1) is 5.82 Å². The summed E-state index contributed by atoms with van der Waals surface area (Å²) in [4.78, 5) is 42.1. The van der Waals surface area contributed by atoms with Crippen LogP contribution in [0.5, 0.6) is 0 Å². The number of sulfonamides is 1. The van der Waals surface area contributed by atoms with E-state index < -0.39 is 27.8 Å². The number of amides is 3. The zero-order valence-corrected chi connectivity index (χ0v) is 24.8. The second-order valence-corrected chi connectivity index (χ2v) is 13.0. The van der Waals surface area contributed by atoms with Crippen molar-refractivity contribution in [1.29, 1.82) is 0 Å². The summed E-state index contributed by atoms with van der Waals surface area (Å²) in [6, 6.07) is 20.5. The van der Waals surface area contributed by atoms with E-state index in [0.717, 1.165) is 42.0 Å². The summed E-state index contributed by atoms with van der Waals surface area (Å²) in [5.41, 5.74) is 1.66. The Hall–Kier alpha value is -4.05. The first kappa shape index (κ1) is 30.4. The van der Waals surface area contributed by atoms with Crippen LogP contribution >= 0.6 is 0 Å². The fraction of sp³-hybridized carbons (Fsp3) is 0.364. The fourth-order valence-electron chi connectivity index (χ4n) is 5.85. The van der Waals surface area contributed by atoms with E-state index in [1.807, 2.05) is 30.3 Å². The lowest BCUT2D eigenvalue weighted by atomic mass is 9.94. The molecule has 0 radical (unpaired) electrons. The molecule has 0 aromatic heterocycles. The Morgan fingerprint density at radius 2 is 1.58 bits per heavy atom. The van der Waals surface area contributed by atoms with Crippen LogP contribution in [-0.4, -0.2) is 54.0 Å². The largest absolute Gasteiger partial charge is 0.352 e. The van der Waals surface area contributed by atoms with E-state index in [2.05, 4.69) is 5.32 Å². The molecule has 1 aliphatic heterocycles. The number of fused-ring (bicyclic) bond motifs is 1. The molecule has 1 heterocycles. The molecule has 43 heavy (non-hydrogen) atoms. The van der Waals surface area contributed by atoms with E-state index in [4.69, 9.17) is 0 Å². The quantitative estimate of drug-likeness (QED) is 0.337. The van der Waals surface area contributed by atoms with Crippen molar-refractivity contribution in [2.45, 2.75) is 74.9 Å². The zero-order valence-electron chi connectivity index (χ0n) is 24.0. The van der Waals surface area contributed by atoms with Crippen LogP contribution in [0.3, 0.4) is 0 Å². The van der Waals surface area contributed by atoms with Crippen LogP contribution in [0.15, 0.2) is 83.8 Å². The van der Waals surface area contributed by atoms with Gasteiger partial charge in [-0.05, 0) is 54.7 Å². The Bertz CT molecular complexity index is 1560. The highest BCUT2D eigenvalue weighted by Crippen LogP contribution is 2.30.